The Morgan fingerprint density at radius 1 is 1.23 bits per heavy atom. The molecule has 0 unspecified atom stereocenters. The first kappa shape index (κ1) is 27.3. The summed E-state index contributed by atoms with van der Waals surface area (Å²) in [5, 5.41) is -0.329. The number of ether oxygens (including phenoxy) is 3. The second-order valence-electron chi connectivity index (χ2n) is 9.47. The van der Waals surface area contributed by atoms with Gasteiger partial charge in [-0.3, -0.25) is 14.2 Å². The number of rotatable bonds is 7. The molecule has 0 spiro atoms. The van der Waals surface area contributed by atoms with Gasteiger partial charge in [-0.25, -0.2) is 0 Å². The number of benzene rings is 1. The van der Waals surface area contributed by atoms with Crippen molar-refractivity contribution in [2.24, 2.45) is 12.0 Å². The van der Waals surface area contributed by atoms with Gasteiger partial charge in [0.15, 0.2) is 11.2 Å². The van der Waals surface area contributed by atoms with Crippen LogP contribution in [0.5, 0.6) is 5.75 Å². The molecule has 11 heteroatoms. The number of alkyl halides is 3. The van der Waals surface area contributed by atoms with Crippen LogP contribution in [-0.4, -0.2) is 48.3 Å². The van der Waals surface area contributed by atoms with Crippen LogP contribution in [0.1, 0.15) is 55.2 Å². The number of methoxy groups -OCH3 is 1. The number of hydrogen-bond donors (Lipinski definition) is 0. The maximum atomic E-state index is 13.5. The van der Waals surface area contributed by atoms with Crippen molar-refractivity contribution in [1.29, 1.82) is 0 Å². The van der Waals surface area contributed by atoms with E-state index in [1.54, 1.807) is 6.07 Å². The van der Waals surface area contributed by atoms with Crippen LogP contribution < -0.4 is 10.2 Å². The molecule has 2 aromatic rings. The molecule has 0 bridgehead atoms. The van der Waals surface area contributed by atoms with Gasteiger partial charge >= 0.3 is 6.18 Å². The SMILES string of the molecule is COCCOc1c(Cl)cc(C(F)(F)F)cc1C(=O)/N=c1\cc(C(C)(C)C)n(C)n1C[C@H]1CCCO1. The highest BCUT2D eigenvalue weighted by molar-refractivity contribution is 6.32. The lowest BCUT2D eigenvalue weighted by Gasteiger charge is -2.21. The van der Waals surface area contributed by atoms with Crippen molar-refractivity contribution in [1.82, 2.24) is 9.36 Å². The number of nitrogens with zero attached hydrogens (tertiary/aromatic N) is 3. The zero-order valence-electron chi connectivity index (χ0n) is 20.5. The minimum Gasteiger partial charge on any atom is -0.489 e. The Morgan fingerprint density at radius 2 is 1.94 bits per heavy atom. The third-order valence-corrected chi connectivity index (χ3v) is 6.04. The van der Waals surface area contributed by atoms with Crippen LogP contribution in [0.25, 0.3) is 0 Å². The van der Waals surface area contributed by atoms with Crippen molar-refractivity contribution < 1.29 is 32.2 Å². The quantitative estimate of drug-likeness (QED) is 0.497. The van der Waals surface area contributed by atoms with Gasteiger partial charge in [0.25, 0.3) is 5.91 Å². The third-order valence-electron chi connectivity index (χ3n) is 5.76. The standard InChI is InChI=1S/C24H31ClF3N3O4/c1-23(2,3)19-13-20(31(30(19)4)14-16-7-6-8-34-16)29-22(32)17-11-15(24(26,27)28)12-18(25)21(17)35-10-9-33-5/h11-13,16H,6-10,14H2,1-5H3/b29-20+/t16-/m1/s1. The lowest BCUT2D eigenvalue weighted by Crippen LogP contribution is -2.30. The number of carbonyl (C=O) groups is 1. The highest BCUT2D eigenvalue weighted by Gasteiger charge is 2.34. The van der Waals surface area contributed by atoms with Gasteiger partial charge in [0.1, 0.15) is 6.61 Å². The van der Waals surface area contributed by atoms with E-state index in [9.17, 15) is 18.0 Å². The molecule has 0 radical (unpaired) electrons. The molecular formula is C24H31ClF3N3O4. The topological polar surface area (TPSA) is 67.0 Å². The van der Waals surface area contributed by atoms with E-state index < -0.39 is 17.6 Å². The Hall–Kier alpha value is -2.30. The average molecular weight is 518 g/mol. The molecule has 0 aliphatic carbocycles. The fourth-order valence-electron chi connectivity index (χ4n) is 4.02. The molecule has 1 aromatic heterocycles. The summed E-state index contributed by atoms with van der Waals surface area (Å²) in [4.78, 5) is 17.5. The van der Waals surface area contributed by atoms with Gasteiger partial charge in [-0.2, -0.15) is 18.2 Å². The molecule has 7 nitrogen and oxygen atoms in total. The summed E-state index contributed by atoms with van der Waals surface area (Å²) in [6, 6.07) is 3.23. The largest absolute Gasteiger partial charge is 0.489 e. The molecule has 1 aliphatic rings. The second-order valence-corrected chi connectivity index (χ2v) is 9.88. The molecule has 1 aromatic carbocycles. The Labute approximate surface area is 207 Å². The number of amides is 1. The van der Waals surface area contributed by atoms with E-state index in [2.05, 4.69) is 4.99 Å². The van der Waals surface area contributed by atoms with Crippen molar-refractivity contribution in [3.05, 3.63) is 45.5 Å². The predicted octanol–water partition coefficient (Wildman–Crippen LogP) is 4.74. The molecular weight excluding hydrogens is 487 g/mol. The number of hydrogen-bond acceptors (Lipinski definition) is 4. The zero-order chi connectivity index (χ0) is 26.0. The molecule has 3 rings (SSSR count). The van der Waals surface area contributed by atoms with Crippen molar-refractivity contribution >= 4 is 17.5 Å². The Kier molecular flexibility index (Phi) is 8.39. The van der Waals surface area contributed by atoms with Crippen LogP contribution in [0.15, 0.2) is 23.2 Å². The van der Waals surface area contributed by atoms with Gasteiger partial charge in [0.2, 0.25) is 0 Å². The second kappa shape index (κ2) is 10.8. The van der Waals surface area contributed by atoms with E-state index in [4.69, 9.17) is 25.8 Å². The predicted molar refractivity (Wildman–Crippen MR) is 125 cm³/mol. The third kappa shape index (κ3) is 6.48. The van der Waals surface area contributed by atoms with Crippen LogP contribution in [-0.2, 0) is 34.7 Å². The highest BCUT2D eigenvalue weighted by atomic mass is 35.5. The average Bonchev–Trinajstić information content (AvgIpc) is 3.37. The van der Waals surface area contributed by atoms with Crippen LogP contribution >= 0.6 is 11.6 Å². The first-order chi connectivity index (χ1) is 16.3. The van der Waals surface area contributed by atoms with Crippen LogP contribution in [0.3, 0.4) is 0 Å². The molecule has 1 fully saturated rings. The van der Waals surface area contributed by atoms with Gasteiger partial charge in [0, 0.05) is 37.9 Å². The summed E-state index contributed by atoms with van der Waals surface area (Å²) in [6.07, 6.45) is -2.92. The van der Waals surface area contributed by atoms with E-state index in [1.165, 1.54) is 7.11 Å². The van der Waals surface area contributed by atoms with Crippen molar-refractivity contribution in [3.63, 3.8) is 0 Å². The molecule has 1 aliphatic heterocycles. The van der Waals surface area contributed by atoms with E-state index in [0.29, 0.717) is 18.6 Å². The normalized spacial score (nSPS) is 17.3. The summed E-state index contributed by atoms with van der Waals surface area (Å²) in [6.45, 7) is 7.37. The van der Waals surface area contributed by atoms with Gasteiger partial charge in [-0.05, 0) is 25.0 Å². The van der Waals surface area contributed by atoms with Gasteiger partial charge in [-0.1, -0.05) is 32.4 Å². The van der Waals surface area contributed by atoms with Gasteiger partial charge in [-0.15, -0.1) is 0 Å². The molecule has 194 valence electrons. The smallest absolute Gasteiger partial charge is 0.416 e. The lowest BCUT2D eigenvalue weighted by molar-refractivity contribution is -0.137. The summed E-state index contributed by atoms with van der Waals surface area (Å²) in [5.74, 6) is -1.05. The van der Waals surface area contributed by atoms with Crippen LogP contribution in [0.4, 0.5) is 13.2 Å². The molecule has 1 saturated heterocycles. The van der Waals surface area contributed by atoms with Gasteiger partial charge < -0.3 is 14.2 Å². The van der Waals surface area contributed by atoms with Crippen molar-refractivity contribution in [2.75, 3.05) is 26.9 Å². The van der Waals surface area contributed by atoms with E-state index >= 15 is 0 Å². The lowest BCUT2D eigenvalue weighted by atomic mass is 9.92. The maximum Gasteiger partial charge on any atom is 0.416 e. The number of halogens is 4. The molecule has 2 heterocycles. The minimum atomic E-state index is -4.70. The fraction of sp³-hybridized carbons (Fsp3) is 0.583. The first-order valence-electron chi connectivity index (χ1n) is 11.3. The summed E-state index contributed by atoms with van der Waals surface area (Å²) < 4.78 is 60.3. The Bertz CT molecular complexity index is 1130. The van der Waals surface area contributed by atoms with Gasteiger partial charge in [0.05, 0.1) is 35.4 Å². The summed E-state index contributed by atoms with van der Waals surface area (Å²) in [7, 11) is 3.31. The summed E-state index contributed by atoms with van der Waals surface area (Å²) >= 11 is 6.11. The molecule has 0 N–H and O–H groups in total. The van der Waals surface area contributed by atoms with E-state index in [-0.39, 0.29) is 41.1 Å². The first-order valence-corrected chi connectivity index (χ1v) is 11.7. The summed E-state index contributed by atoms with van der Waals surface area (Å²) in [5.41, 5.74) is -0.478. The molecule has 35 heavy (non-hydrogen) atoms. The fourth-order valence-corrected chi connectivity index (χ4v) is 4.29. The molecule has 1 amide bonds. The minimum absolute atomic E-state index is 0.000390. The zero-order valence-corrected chi connectivity index (χ0v) is 21.3. The monoisotopic (exact) mass is 517 g/mol. The van der Waals surface area contributed by atoms with Crippen molar-refractivity contribution in [2.45, 2.75) is 57.9 Å². The maximum absolute atomic E-state index is 13.5. The van der Waals surface area contributed by atoms with Crippen LogP contribution in [0, 0.1) is 0 Å². The number of carbonyl (C=O) groups excluding carboxylic acids is 1. The number of aromatic nitrogens is 2. The van der Waals surface area contributed by atoms with Crippen LogP contribution in [0.2, 0.25) is 5.02 Å². The van der Waals surface area contributed by atoms with E-state index in [0.717, 1.165) is 30.7 Å². The van der Waals surface area contributed by atoms with Crippen molar-refractivity contribution in [3.8, 4) is 5.75 Å². The molecule has 0 saturated carbocycles. The molecule has 1 atom stereocenters. The van der Waals surface area contributed by atoms with E-state index in [1.807, 2.05) is 37.2 Å². The Balaban J connectivity index is 2.13. The highest BCUT2D eigenvalue weighted by Crippen LogP contribution is 2.38. The Morgan fingerprint density at radius 3 is 2.51 bits per heavy atom.